The van der Waals surface area contributed by atoms with Crippen molar-refractivity contribution in [3.05, 3.63) is 41.7 Å². The first-order valence-corrected chi connectivity index (χ1v) is 8.33. The van der Waals surface area contributed by atoms with Crippen LogP contribution < -0.4 is 10.2 Å². The van der Waals surface area contributed by atoms with Crippen molar-refractivity contribution in [2.75, 3.05) is 18.0 Å². The Morgan fingerprint density at radius 1 is 1.23 bits per heavy atom. The number of carbonyl (C=O) groups excluding carboxylic acids is 2. The Balaban J connectivity index is 1.39. The quantitative estimate of drug-likeness (QED) is 0.695. The molecule has 0 saturated carbocycles. The van der Waals surface area contributed by atoms with E-state index in [1.165, 1.54) is 11.8 Å². The fourth-order valence-electron chi connectivity index (χ4n) is 2.88. The molecule has 0 unspecified atom stereocenters. The number of benzene rings is 1. The number of fused-ring (bicyclic) bond motifs is 1. The van der Waals surface area contributed by atoms with Crippen LogP contribution in [0, 0.1) is 0 Å². The third kappa shape index (κ3) is 4.05. The highest BCUT2D eigenvalue weighted by atomic mass is 16.4. The van der Waals surface area contributed by atoms with Crippen LogP contribution in [0.1, 0.15) is 28.9 Å². The molecule has 0 aliphatic carbocycles. The maximum absolute atomic E-state index is 12.3. The Morgan fingerprint density at radius 3 is 2.81 bits per heavy atom. The molecule has 3 rings (SSSR count). The number of carboxylic acid groups (broad SMARTS) is 1. The summed E-state index contributed by atoms with van der Waals surface area (Å²) in [5.74, 6) is -1.46. The smallest absolute Gasteiger partial charge is 0.358 e. The number of para-hydroxylation sites is 1. The number of carboxylic acids is 1. The van der Waals surface area contributed by atoms with Crippen LogP contribution in [-0.4, -0.2) is 51.0 Å². The number of anilines is 1. The van der Waals surface area contributed by atoms with E-state index in [4.69, 9.17) is 5.11 Å². The number of nitrogens with one attached hydrogen (secondary N) is 1. The van der Waals surface area contributed by atoms with Crippen molar-refractivity contribution in [1.82, 2.24) is 20.3 Å². The van der Waals surface area contributed by atoms with Crippen LogP contribution in [0.5, 0.6) is 0 Å². The molecule has 2 N–H and O–H groups in total. The molecule has 26 heavy (non-hydrogen) atoms. The largest absolute Gasteiger partial charge is 0.476 e. The van der Waals surface area contributed by atoms with E-state index < -0.39 is 5.97 Å². The standard InChI is InChI=1S/C17H19N5O4/c23-15(11-21-10-13(17(25)26)19-20-21)18-8-3-6-16(24)22-9-7-12-4-1-2-5-14(12)22/h1-2,4-5,10H,3,6-9,11H2,(H,18,23)(H,25,26). The zero-order valence-corrected chi connectivity index (χ0v) is 14.1. The fraction of sp³-hybridized carbons (Fsp3) is 0.353. The maximum Gasteiger partial charge on any atom is 0.358 e. The third-order valence-electron chi connectivity index (χ3n) is 4.14. The van der Waals surface area contributed by atoms with Crippen molar-refractivity contribution < 1.29 is 19.5 Å². The third-order valence-corrected chi connectivity index (χ3v) is 4.14. The van der Waals surface area contributed by atoms with Gasteiger partial charge in [-0.2, -0.15) is 0 Å². The lowest BCUT2D eigenvalue weighted by atomic mass is 10.2. The zero-order valence-electron chi connectivity index (χ0n) is 14.1. The van der Waals surface area contributed by atoms with E-state index in [0.717, 1.165) is 16.8 Å². The minimum Gasteiger partial charge on any atom is -0.476 e. The van der Waals surface area contributed by atoms with E-state index in [9.17, 15) is 14.4 Å². The zero-order chi connectivity index (χ0) is 18.5. The average Bonchev–Trinajstić information content (AvgIpc) is 3.25. The minimum absolute atomic E-state index is 0.0478. The number of aromatic carboxylic acids is 1. The normalized spacial score (nSPS) is 12.7. The monoisotopic (exact) mass is 357 g/mol. The van der Waals surface area contributed by atoms with E-state index >= 15 is 0 Å². The molecule has 0 atom stereocenters. The first-order valence-electron chi connectivity index (χ1n) is 8.33. The highest BCUT2D eigenvalue weighted by Gasteiger charge is 2.23. The van der Waals surface area contributed by atoms with Gasteiger partial charge in [-0.25, -0.2) is 9.48 Å². The molecule has 1 aromatic carbocycles. The van der Waals surface area contributed by atoms with E-state index in [-0.39, 0.29) is 24.1 Å². The molecule has 1 aliphatic heterocycles. The van der Waals surface area contributed by atoms with Gasteiger partial charge in [-0.1, -0.05) is 23.4 Å². The number of hydrogen-bond acceptors (Lipinski definition) is 5. The van der Waals surface area contributed by atoms with Crippen molar-refractivity contribution >= 4 is 23.5 Å². The Labute approximate surface area is 149 Å². The van der Waals surface area contributed by atoms with Crippen LogP contribution in [0.3, 0.4) is 0 Å². The van der Waals surface area contributed by atoms with Crippen molar-refractivity contribution in [2.45, 2.75) is 25.8 Å². The summed E-state index contributed by atoms with van der Waals surface area (Å²) in [7, 11) is 0. The summed E-state index contributed by atoms with van der Waals surface area (Å²) >= 11 is 0. The molecule has 0 spiro atoms. The van der Waals surface area contributed by atoms with Gasteiger partial charge in [0.25, 0.3) is 0 Å². The second kappa shape index (κ2) is 7.77. The van der Waals surface area contributed by atoms with Crippen LogP contribution in [0.25, 0.3) is 0 Å². The second-order valence-electron chi connectivity index (χ2n) is 5.98. The van der Waals surface area contributed by atoms with Gasteiger partial charge in [-0.15, -0.1) is 5.10 Å². The predicted molar refractivity (Wildman–Crippen MR) is 91.7 cm³/mol. The Kier molecular flexibility index (Phi) is 5.26. The van der Waals surface area contributed by atoms with Crippen LogP contribution in [-0.2, 0) is 22.6 Å². The van der Waals surface area contributed by atoms with Gasteiger partial charge >= 0.3 is 5.97 Å². The van der Waals surface area contributed by atoms with Gasteiger partial charge in [-0.05, 0) is 24.5 Å². The summed E-state index contributed by atoms with van der Waals surface area (Å²) in [5.41, 5.74) is 1.94. The van der Waals surface area contributed by atoms with Crippen LogP contribution in [0.15, 0.2) is 30.5 Å². The predicted octanol–water partition coefficient (Wildman–Crippen LogP) is 0.462. The lowest BCUT2D eigenvalue weighted by Gasteiger charge is -2.17. The van der Waals surface area contributed by atoms with Gasteiger partial charge in [0, 0.05) is 25.2 Å². The first kappa shape index (κ1) is 17.6. The Hall–Kier alpha value is -3.23. The summed E-state index contributed by atoms with van der Waals surface area (Å²) in [6.07, 6.45) is 2.94. The first-order chi connectivity index (χ1) is 12.5. The van der Waals surface area contributed by atoms with Gasteiger partial charge in [0.05, 0.1) is 6.20 Å². The maximum atomic E-state index is 12.3. The number of nitrogens with zero attached hydrogens (tertiary/aromatic N) is 4. The summed E-state index contributed by atoms with van der Waals surface area (Å²) in [4.78, 5) is 36.7. The Morgan fingerprint density at radius 2 is 2.04 bits per heavy atom. The average molecular weight is 357 g/mol. The highest BCUT2D eigenvalue weighted by Crippen LogP contribution is 2.27. The van der Waals surface area contributed by atoms with Crippen molar-refractivity contribution in [2.24, 2.45) is 0 Å². The summed E-state index contributed by atoms with van der Waals surface area (Å²) in [5, 5.41) is 18.5. The SMILES string of the molecule is O=C(Cn1cc(C(=O)O)nn1)NCCCC(=O)N1CCc2ccccc21. The number of rotatable bonds is 7. The fourth-order valence-corrected chi connectivity index (χ4v) is 2.88. The summed E-state index contributed by atoms with van der Waals surface area (Å²) < 4.78 is 1.16. The minimum atomic E-state index is -1.20. The highest BCUT2D eigenvalue weighted by molar-refractivity contribution is 5.95. The number of hydrogen-bond donors (Lipinski definition) is 2. The lowest BCUT2D eigenvalue weighted by Crippen LogP contribution is -2.31. The molecule has 9 nitrogen and oxygen atoms in total. The van der Waals surface area contributed by atoms with Gasteiger partial charge in [0.15, 0.2) is 5.69 Å². The topological polar surface area (TPSA) is 117 Å². The second-order valence-corrected chi connectivity index (χ2v) is 5.98. The molecule has 2 heterocycles. The molecule has 1 aromatic heterocycles. The molecule has 0 fully saturated rings. The molecule has 2 aromatic rings. The molecule has 0 saturated heterocycles. The van der Waals surface area contributed by atoms with Gasteiger partial charge < -0.3 is 15.3 Å². The lowest BCUT2D eigenvalue weighted by molar-refractivity contribution is -0.122. The van der Waals surface area contributed by atoms with Gasteiger partial charge in [0.1, 0.15) is 6.54 Å². The van der Waals surface area contributed by atoms with Gasteiger partial charge in [0.2, 0.25) is 11.8 Å². The van der Waals surface area contributed by atoms with Crippen LogP contribution in [0.4, 0.5) is 5.69 Å². The molecule has 0 radical (unpaired) electrons. The molecular weight excluding hydrogens is 338 g/mol. The number of amides is 2. The number of aromatic nitrogens is 3. The molecular formula is C17H19N5O4. The van der Waals surface area contributed by atoms with Crippen LogP contribution >= 0.6 is 0 Å². The molecule has 9 heteroatoms. The molecule has 1 aliphatic rings. The van der Waals surface area contributed by atoms with E-state index in [1.54, 1.807) is 4.90 Å². The number of carbonyl (C=O) groups is 3. The van der Waals surface area contributed by atoms with E-state index in [2.05, 4.69) is 15.6 Å². The van der Waals surface area contributed by atoms with Gasteiger partial charge in [-0.3, -0.25) is 9.59 Å². The van der Waals surface area contributed by atoms with Crippen molar-refractivity contribution in [3.63, 3.8) is 0 Å². The summed E-state index contributed by atoms with van der Waals surface area (Å²) in [6, 6.07) is 7.87. The Bertz CT molecular complexity index is 832. The van der Waals surface area contributed by atoms with Crippen molar-refractivity contribution in [3.8, 4) is 0 Å². The van der Waals surface area contributed by atoms with Crippen molar-refractivity contribution in [1.29, 1.82) is 0 Å². The van der Waals surface area contributed by atoms with E-state index in [0.29, 0.717) is 25.9 Å². The molecule has 0 bridgehead atoms. The molecule has 136 valence electrons. The van der Waals surface area contributed by atoms with Crippen LogP contribution in [0.2, 0.25) is 0 Å². The van der Waals surface area contributed by atoms with E-state index in [1.807, 2.05) is 24.3 Å². The summed E-state index contributed by atoms with van der Waals surface area (Å²) in [6.45, 7) is 0.941. The molecule has 2 amide bonds.